The molecule has 2 aliphatic rings. The Labute approximate surface area is 218 Å². The van der Waals surface area contributed by atoms with Crippen LogP contribution in [0.3, 0.4) is 0 Å². The standard InChI is InChI=1S/C26H26N4O4S2/c1-17-4-3-10-29-22(17)27-23(28-12-14-34-15-13-28)20(24(29)31)16-21-25(32)30(26(35)36-21)11-9-18-5-7-19(33-2)8-6-18/h3-8,10,16H,9,11-15H2,1-2H3. The number of rotatable bonds is 6. The Morgan fingerprint density at radius 2 is 1.92 bits per heavy atom. The third-order valence-corrected chi connectivity index (χ3v) is 7.68. The monoisotopic (exact) mass is 522 g/mol. The summed E-state index contributed by atoms with van der Waals surface area (Å²) in [5, 5.41) is 0. The molecule has 10 heteroatoms. The van der Waals surface area contributed by atoms with Crippen LogP contribution in [0.5, 0.6) is 5.75 Å². The number of fused-ring (bicyclic) bond motifs is 1. The smallest absolute Gasteiger partial charge is 0.267 e. The van der Waals surface area contributed by atoms with Crippen molar-refractivity contribution in [2.24, 2.45) is 0 Å². The van der Waals surface area contributed by atoms with Crippen LogP contribution in [0.25, 0.3) is 11.7 Å². The van der Waals surface area contributed by atoms with Gasteiger partial charge in [0.15, 0.2) is 0 Å². The highest BCUT2D eigenvalue weighted by Crippen LogP contribution is 2.34. The molecule has 3 aromatic rings. The van der Waals surface area contributed by atoms with Gasteiger partial charge in [-0.05, 0) is 48.7 Å². The number of aryl methyl sites for hydroxylation is 1. The van der Waals surface area contributed by atoms with E-state index in [0.29, 0.717) is 65.5 Å². The van der Waals surface area contributed by atoms with Crippen LogP contribution in [0, 0.1) is 6.92 Å². The molecule has 1 aromatic carbocycles. The number of nitrogens with zero attached hydrogens (tertiary/aromatic N) is 4. The predicted molar refractivity (Wildman–Crippen MR) is 146 cm³/mol. The van der Waals surface area contributed by atoms with E-state index in [-0.39, 0.29) is 11.5 Å². The first-order valence-electron chi connectivity index (χ1n) is 11.7. The van der Waals surface area contributed by atoms with Crippen LogP contribution in [-0.2, 0) is 16.0 Å². The summed E-state index contributed by atoms with van der Waals surface area (Å²) in [5.74, 6) is 1.16. The van der Waals surface area contributed by atoms with Crippen molar-refractivity contribution in [2.75, 3.05) is 44.9 Å². The number of pyridine rings is 1. The molecule has 186 valence electrons. The van der Waals surface area contributed by atoms with Gasteiger partial charge in [0.1, 0.15) is 21.5 Å². The number of ether oxygens (including phenoxy) is 2. The maximum absolute atomic E-state index is 13.6. The minimum absolute atomic E-state index is 0.194. The summed E-state index contributed by atoms with van der Waals surface area (Å²) >= 11 is 6.75. The van der Waals surface area contributed by atoms with Crippen molar-refractivity contribution in [2.45, 2.75) is 13.3 Å². The highest BCUT2D eigenvalue weighted by Gasteiger charge is 2.33. The van der Waals surface area contributed by atoms with Crippen molar-refractivity contribution in [1.82, 2.24) is 14.3 Å². The molecule has 2 fully saturated rings. The second-order valence-electron chi connectivity index (χ2n) is 8.57. The van der Waals surface area contributed by atoms with Gasteiger partial charge < -0.3 is 14.4 Å². The summed E-state index contributed by atoms with van der Waals surface area (Å²) < 4.78 is 12.7. The number of hydrogen-bond donors (Lipinski definition) is 0. The Hall–Kier alpha value is -3.21. The molecule has 0 unspecified atom stereocenters. The first-order chi connectivity index (χ1) is 17.5. The van der Waals surface area contributed by atoms with Crippen LogP contribution in [0.1, 0.15) is 16.7 Å². The molecule has 0 aliphatic carbocycles. The lowest BCUT2D eigenvalue weighted by Crippen LogP contribution is -2.38. The molecule has 0 radical (unpaired) electrons. The second-order valence-corrected chi connectivity index (χ2v) is 10.2. The van der Waals surface area contributed by atoms with E-state index in [2.05, 4.69) is 0 Å². The quantitative estimate of drug-likeness (QED) is 0.361. The number of hydrogen-bond acceptors (Lipinski definition) is 8. The molecule has 0 saturated carbocycles. The maximum Gasteiger partial charge on any atom is 0.267 e. The number of carbonyl (C=O) groups excluding carboxylic acids is 1. The summed E-state index contributed by atoms with van der Waals surface area (Å²) in [6.07, 6.45) is 4.02. The fourth-order valence-electron chi connectivity index (χ4n) is 4.30. The lowest BCUT2D eigenvalue weighted by Gasteiger charge is -2.29. The summed E-state index contributed by atoms with van der Waals surface area (Å²) in [6.45, 7) is 4.75. The summed E-state index contributed by atoms with van der Waals surface area (Å²) in [6, 6.07) is 11.5. The highest BCUT2D eigenvalue weighted by molar-refractivity contribution is 8.26. The van der Waals surface area contributed by atoms with E-state index in [0.717, 1.165) is 16.9 Å². The molecule has 2 aromatic heterocycles. The fourth-order valence-corrected chi connectivity index (χ4v) is 5.59. The van der Waals surface area contributed by atoms with E-state index in [1.807, 2.05) is 48.2 Å². The van der Waals surface area contributed by atoms with Gasteiger partial charge in [0.25, 0.3) is 11.5 Å². The van der Waals surface area contributed by atoms with E-state index < -0.39 is 0 Å². The number of aromatic nitrogens is 2. The third-order valence-electron chi connectivity index (χ3n) is 6.31. The first-order valence-corrected chi connectivity index (χ1v) is 12.9. The van der Waals surface area contributed by atoms with Gasteiger partial charge in [0, 0.05) is 25.8 Å². The van der Waals surface area contributed by atoms with E-state index in [1.165, 1.54) is 16.2 Å². The molecule has 0 atom stereocenters. The van der Waals surface area contributed by atoms with Gasteiger partial charge in [-0.15, -0.1) is 0 Å². The normalized spacial score (nSPS) is 17.4. The predicted octanol–water partition coefficient (Wildman–Crippen LogP) is 3.29. The molecule has 5 rings (SSSR count). The van der Waals surface area contributed by atoms with Gasteiger partial charge in [-0.1, -0.05) is 42.2 Å². The number of anilines is 1. The third kappa shape index (κ3) is 4.76. The molecule has 0 bridgehead atoms. The van der Waals surface area contributed by atoms with Crippen LogP contribution < -0.4 is 15.2 Å². The topological polar surface area (TPSA) is 76.4 Å². The zero-order chi connectivity index (χ0) is 25.2. The number of thiocarbonyl (C=S) groups is 1. The van der Waals surface area contributed by atoms with Crippen molar-refractivity contribution in [3.8, 4) is 5.75 Å². The Balaban J connectivity index is 1.47. The van der Waals surface area contributed by atoms with Crippen molar-refractivity contribution in [3.63, 3.8) is 0 Å². The average Bonchev–Trinajstić information content (AvgIpc) is 3.17. The van der Waals surface area contributed by atoms with Gasteiger partial charge in [-0.2, -0.15) is 0 Å². The Morgan fingerprint density at radius 3 is 2.64 bits per heavy atom. The lowest BCUT2D eigenvalue weighted by atomic mass is 10.1. The van der Waals surface area contributed by atoms with E-state index in [4.69, 9.17) is 26.7 Å². The van der Waals surface area contributed by atoms with Crippen molar-refractivity contribution in [3.05, 3.63) is 74.5 Å². The molecule has 0 spiro atoms. The highest BCUT2D eigenvalue weighted by atomic mass is 32.2. The average molecular weight is 523 g/mol. The summed E-state index contributed by atoms with van der Waals surface area (Å²) in [4.78, 5) is 35.9. The van der Waals surface area contributed by atoms with Crippen LogP contribution >= 0.6 is 24.0 Å². The largest absolute Gasteiger partial charge is 0.497 e. The Morgan fingerprint density at radius 1 is 1.17 bits per heavy atom. The zero-order valence-corrected chi connectivity index (χ0v) is 21.7. The SMILES string of the molecule is COc1ccc(CCN2C(=O)C(=Cc3c(N4CCOCC4)nc4c(C)cccn4c3=O)SC2=S)cc1. The fraction of sp³-hybridized carbons (Fsp3) is 0.308. The maximum atomic E-state index is 13.6. The van der Waals surface area contributed by atoms with Crippen molar-refractivity contribution in [1.29, 1.82) is 0 Å². The summed E-state index contributed by atoms with van der Waals surface area (Å²) in [5.41, 5.74) is 2.76. The minimum Gasteiger partial charge on any atom is -0.497 e. The van der Waals surface area contributed by atoms with Gasteiger partial charge in [0.05, 0.1) is 30.8 Å². The molecule has 1 amide bonds. The lowest BCUT2D eigenvalue weighted by molar-refractivity contribution is -0.122. The van der Waals surface area contributed by atoms with Crippen LogP contribution in [0.2, 0.25) is 0 Å². The molecule has 4 heterocycles. The minimum atomic E-state index is -0.214. The number of methoxy groups -OCH3 is 1. The van der Waals surface area contributed by atoms with Gasteiger partial charge >= 0.3 is 0 Å². The van der Waals surface area contributed by atoms with Crippen LogP contribution in [0.4, 0.5) is 5.82 Å². The van der Waals surface area contributed by atoms with E-state index in [1.54, 1.807) is 24.3 Å². The Kier molecular flexibility index (Phi) is 7.08. The number of carbonyl (C=O) groups is 1. The van der Waals surface area contributed by atoms with Crippen LogP contribution in [-0.4, -0.2) is 64.5 Å². The van der Waals surface area contributed by atoms with Crippen LogP contribution in [0.15, 0.2) is 52.3 Å². The number of morpholine rings is 1. The van der Waals surface area contributed by atoms with Crippen molar-refractivity contribution < 1.29 is 14.3 Å². The summed E-state index contributed by atoms with van der Waals surface area (Å²) in [7, 11) is 1.63. The molecular weight excluding hydrogens is 496 g/mol. The molecular formula is C26H26N4O4S2. The number of benzene rings is 1. The molecule has 0 N–H and O–H groups in total. The molecule has 2 aliphatic heterocycles. The van der Waals surface area contributed by atoms with Gasteiger partial charge in [0.2, 0.25) is 0 Å². The van der Waals surface area contributed by atoms with Crippen molar-refractivity contribution >= 4 is 51.7 Å². The second kappa shape index (κ2) is 10.4. The number of amides is 1. The van der Waals surface area contributed by atoms with Gasteiger partial charge in [-0.3, -0.25) is 18.9 Å². The first kappa shape index (κ1) is 24.5. The number of thioether (sulfide) groups is 1. The van der Waals surface area contributed by atoms with E-state index in [9.17, 15) is 9.59 Å². The van der Waals surface area contributed by atoms with E-state index >= 15 is 0 Å². The Bertz CT molecular complexity index is 1410. The molecule has 2 saturated heterocycles. The zero-order valence-electron chi connectivity index (χ0n) is 20.1. The molecule has 8 nitrogen and oxygen atoms in total. The van der Waals surface area contributed by atoms with Gasteiger partial charge in [-0.25, -0.2) is 4.98 Å². The molecule has 36 heavy (non-hydrogen) atoms.